The van der Waals surface area contributed by atoms with Gasteiger partial charge in [0.1, 0.15) is 5.75 Å². The summed E-state index contributed by atoms with van der Waals surface area (Å²) in [6, 6.07) is 12.5. The number of nitrogens with zero attached hydrogens (tertiary/aromatic N) is 4. The number of ether oxygens (including phenoxy) is 1. The Morgan fingerprint density at radius 2 is 1.84 bits per heavy atom. The number of methoxy groups -OCH3 is 1. The van der Waals surface area contributed by atoms with Crippen LogP contribution in [0.5, 0.6) is 5.75 Å². The summed E-state index contributed by atoms with van der Waals surface area (Å²) in [5.74, 6) is 1.06. The van der Waals surface area contributed by atoms with Crippen molar-refractivity contribution in [3.05, 3.63) is 53.6 Å². The number of rotatable bonds is 6. The summed E-state index contributed by atoms with van der Waals surface area (Å²) in [7, 11) is -2.39. The van der Waals surface area contributed by atoms with Crippen LogP contribution in [0.2, 0.25) is 0 Å². The first-order chi connectivity index (χ1) is 14.8. The lowest BCUT2D eigenvalue weighted by Gasteiger charge is -2.27. The highest BCUT2D eigenvalue weighted by Crippen LogP contribution is 2.39. The molecular formula is C21H25N5O4S. The summed E-state index contributed by atoms with van der Waals surface area (Å²) < 4.78 is 29.8. The number of hydrogen-bond acceptors (Lipinski definition) is 7. The maximum atomic E-state index is 12.3. The van der Waals surface area contributed by atoms with Gasteiger partial charge in [0.05, 0.1) is 24.7 Å². The molecule has 1 fully saturated rings. The highest BCUT2D eigenvalue weighted by atomic mass is 32.2. The second-order valence-electron chi connectivity index (χ2n) is 7.76. The average molecular weight is 444 g/mol. The molecule has 0 unspecified atom stereocenters. The van der Waals surface area contributed by atoms with E-state index < -0.39 is 10.0 Å². The van der Waals surface area contributed by atoms with Gasteiger partial charge >= 0.3 is 0 Å². The fourth-order valence-corrected chi connectivity index (χ4v) is 4.82. The van der Waals surface area contributed by atoms with E-state index in [1.54, 1.807) is 13.2 Å². The van der Waals surface area contributed by atoms with E-state index in [0.717, 1.165) is 29.7 Å². The summed E-state index contributed by atoms with van der Waals surface area (Å²) in [4.78, 5) is 1.41. The van der Waals surface area contributed by atoms with Crippen LogP contribution >= 0.6 is 0 Å². The Balaban J connectivity index is 1.71. The van der Waals surface area contributed by atoms with E-state index in [1.807, 2.05) is 30.3 Å². The van der Waals surface area contributed by atoms with Gasteiger partial charge in [-0.15, -0.1) is 10.2 Å². The number of primary sulfonamides is 1. The molecule has 10 heteroatoms. The number of nitrogens with two attached hydrogens (primary N) is 1. The van der Waals surface area contributed by atoms with E-state index in [4.69, 9.17) is 9.88 Å². The van der Waals surface area contributed by atoms with Crippen LogP contribution in [0.15, 0.2) is 47.4 Å². The normalized spacial score (nSPS) is 19.3. The molecule has 0 radical (unpaired) electrons. The molecule has 0 amide bonds. The van der Waals surface area contributed by atoms with Crippen LogP contribution in [-0.2, 0) is 16.6 Å². The molecule has 1 aliphatic carbocycles. The summed E-state index contributed by atoms with van der Waals surface area (Å²) >= 11 is 0. The van der Waals surface area contributed by atoms with Crippen molar-refractivity contribution in [2.24, 2.45) is 5.14 Å². The number of hydrogen-bond donors (Lipinski definition) is 2. The summed E-state index contributed by atoms with van der Waals surface area (Å²) in [6.45, 7) is 0.374. The van der Waals surface area contributed by atoms with E-state index in [-0.39, 0.29) is 22.7 Å². The maximum Gasteiger partial charge on any atom is 0.238 e. The third-order valence-corrected chi connectivity index (χ3v) is 6.61. The van der Waals surface area contributed by atoms with Crippen molar-refractivity contribution in [2.75, 3.05) is 7.11 Å². The van der Waals surface area contributed by atoms with Crippen LogP contribution in [0.4, 0.5) is 0 Å². The third kappa shape index (κ3) is 4.76. The molecule has 164 valence electrons. The molecule has 31 heavy (non-hydrogen) atoms. The molecule has 0 bridgehead atoms. The molecule has 1 aromatic heterocycles. The van der Waals surface area contributed by atoms with Gasteiger partial charge in [0.25, 0.3) is 0 Å². The second-order valence-corrected chi connectivity index (χ2v) is 9.29. The SMILES string of the molecule is COc1ccc(Cn2nnc(-c3c(C4CCC(O)CC4)cccc3S(N)(=O)=O)n2)cc1. The van der Waals surface area contributed by atoms with Crippen molar-refractivity contribution in [1.29, 1.82) is 0 Å². The van der Waals surface area contributed by atoms with Gasteiger partial charge in [0, 0.05) is 5.56 Å². The van der Waals surface area contributed by atoms with Crippen molar-refractivity contribution in [3.8, 4) is 17.1 Å². The lowest BCUT2D eigenvalue weighted by molar-refractivity contribution is 0.122. The standard InChI is InChI=1S/C21H25N5O4S/c1-30-17-11-5-14(6-12-17)13-26-24-21(23-25-26)20-18(15-7-9-16(27)10-8-15)3-2-4-19(20)31(22,28)29/h2-6,11-12,15-16,27H,7-10,13H2,1H3,(H2,22,28,29). The monoisotopic (exact) mass is 443 g/mol. The van der Waals surface area contributed by atoms with E-state index in [2.05, 4.69) is 15.4 Å². The van der Waals surface area contributed by atoms with Crippen LogP contribution < -0.4 is 9.88 Å². The van der Waals surface area contributed by atoms with Crippen LogP contribution in [0, 0.1) is 0 Å². The fraction of sp³-hybridized carbons (Fsp3) is 0.381. The van der Waals surface area contributed by atoms with Gasteiger partial charge < -0.3 is 9.84 Å². The molecule has 0 aliphatic heterocycles. The third-order valence-electron chi connectivity index (χ3n) is 5.66. The Bertz CT molecular complexity index is 1150. The van der Waals surface area contributed by atoms with Crippen molar-refractivity contribution in [1.82, 2.24) is 20.2 Å². The lowest BCUT2D eigenvalue weighted by Crippen LogP contribution is -2.19. The zero-order valence-electron chi connectivity index (χ0n) is 17.2. The molecule has 4 rings (SSSR count). The summed E-state index contributed by atoms with van der Waals surface area (Å²) in [5, 5.41) is 28.1. The maximum absolute atomic E-state index is 12.3. The van der Waals surface area contributed by atoms with Gasteiger partial charge in [0.2, 0.25) is 15.8 Å². The fourth-order valence-electron chi connectivity index (χ4n) is 4.06. The number of aromatic nitrogens is 4. The van der Waals surface area contributed by atoms with Crippen LogP contribution in [0.25, 0.3) is 11.4 Å². The first-order valence-electron chi connectivity index (χ1n) is 10.1. The van der Waals surface area contributed by atoms with E-state index in [0.29, 0.717) is 24.9 Å². The van der Waals surface area contributed by atoms with Crippen LogP contribution in [0.3, 0.4) is 0 Å². The first-order valence-corrected chi connectivity index (χ1v) is 11.6. The minimum Gasteiger partial charge on any atom is -0.497 e. The van der Waals surface area contributed by atoms with E-state index in [9.17, 15) is 13.5 Å². The number of sulfonamides is 1. The Morgan fingerprint density at radius 1 is 1.13 bits per heavy atom. The Hall–Kier alpha value is -2.82. The summed E-state index contributed by atoms with van der Waals surface area (Å²) in [6.07, 6.45) is 2.53. The van der Waals surface area contributed by atoms with Crippen molar-refractivity contribution in [2.45, 2.75) is 49.1 Å². The van der Waals surface area contributed by atoms with Gasteiger partial charge in [-0.2, -0.15) is 4.80 Å². The second kappa shape index (κ2) is 8.74. The Morgan fingerprint density at radius 3 is 2.48 bits per heavy atom. The van der Waals surface area contributed by atoms with Crippen LogP contribution in [-0.4, -0.2) is 46.9 Å². The Kier molecular flexibility index (Phi) is 6.03. The minimum atomic E-state index is -3.99. The van der Waals surface area contributed by atoms with Gasteiger partial charge in [-0.25, -0.2) is 13.6 Å². The van der Waals surface area contributed by atoms with E-state index >= 15 is 0 Å². The molecule has 1 saturated carbocycles. The van der Waals surface area contributed by atoms with Crippen molar-refractivity contribution in [3.63, 3.8) is 0 Å². The minimum absolute atomic E-state index is 0.0138. The molecule has 3 aromatic rings. The number of aliphatic hydroxyl groups excluding tert-OH is 1. The number of benzene rings is 2. The molecular weight excluding hydrogens is 418 g/mol. The largest absolute Gasteiger partial charge is 0.497 e. The number of tetrazole rings is 1. The van der Waals surface area contributed by atoms with Gasteiger partial charge in [-0.3, -0.25) is 0 Å². The predicted octanol–water partition coefficient (Wildman–Crippen LogP) is 2.06. The van der Waals surface area contributed by atoms with Gasteiger partial charge in [-0.05, 0) is 66.1 Å². The zero-order valence-corrected chi connectivity index (χ0v) is 18.0. The first kappa shape index (κ1) is 21.4. The smallest absolute Gasteiger partial charge is 0.238 e. The predicted molar refractivity (Wildman–Crippen MR) is 114 cm³/mol. The molecule has 1 aliphatic rings. The highest BCUT2D eigenvalue weighted by molar-refractivity contribution is 7.89. The average Bonchev–Trinajstić information content (AvgIpc) is 3.22. The van der Waals surface area contributed by atoms with Gasteiger partial charge in [0.15, 0.2) is 0 Å². The molecule has 0 spiro atoms. The molecule has 9 nitrogen and oxygen atoms in total. The summed E-state index contributed by atoms with van der Waals surface area (Å²) in [5.41, 5.74) is 2.17. The molecule has 0 atom stereocenters. The van der Waals surface area contributed by atoms with Crippen molar-refractivity contribution < 1.29 is 18.3 Å². The van der Waals surface area contributed by atoms with Gasteiger partial charge in [-0.1, -0.05) is 24.3 Å². The highest BCUT2D eigenvalue weighted by Gasteiger charge is 2.28. The van der Waals surface area contributed by atoms with Crippen molar-refractivity contribution >= 4 is 10.0 Å². The molecule has 2 aromatic carbocycles. The molecule has 0 saturated heterocycles. The zero-order chi connectivity index (χ0) is 22.0. The number of aliphatic hydroxyl groups is 1. The molecule has 3 N–H and O–H groups in total. The topological polar surface area (TPSA) is 133 Å². The molecule has 1 heterocycles. The van der Waals surface area contributed by atoms with Crippen LogP contribution in [0.1, 0.15) is 42.7 Å². The van der Waals surface area contributed by atoms with E-state index in [1.165, 1.54) is 10.9 Å². The quantitative estimate of drug-likeness (QED) is 0.596. The Labute approximate surface area is 180 Å². The lowest BCUT2D eigenvalue weighted by atomic mass is 9.81.